The Bertz CT molecular complexity index is 495. The molecule has 0 saturated carbocycles. The van der Waals surface area contributed by atoms with Gasteiger partial charge < -0.3 is 25.2 Å². The zero-order valence-electron chi connectivity index (χ0n) is 12.6. The second kappa shape index (κ2) is 6.00. The molecule has 20 heavy (non-hydrogen) atoms. The number of nitrogens with two attached hydrogens (primary N) is 1. The van der Waals surface area contributed by atoms with Gasteiger partial charge in [0, 0.05) is 19.7 Å². The summed E-state index contributed by atoms with van der Waals surface area (Å²) in [5, 5.41) is 9.78. The number of anilines is 1. The van der Waals surface area contributed by atoms with Gasteiger partial charge in [0.2, 0.25) is 0 Å². The number of aliphatic hydroxyl groups is 1. The van der Waals surface area contributed by atoms with Gasteiger partial charge in [0.05, 0.1) is 31.1 Å². The van der Waals surface area contributed by atoms with E-state index in [1.54, 1.807) is 33.0 Å². The van der Waals surface area contributed by atoms with Crippen LogP contribution in [0.5, 0.6) is 11.5 Å². The number of amides is 1. The third kappa shape index (κ3) is 3.77. The molecule has 0 saturated heterocycles. The number of hydrogen-bond donors (Lipinski definition) is 2. The molecule has 0 spiro atoms. The van der Waals surface area contributed by atoms with Gasteiger partial charge in [-0.1, -0.05) is 0 Å². The van der Waals surface area contributed by atoms with Gasteiger partial charge in [-0.3, -0.25) is 4.79 Å². The summed E-state index contributed by atoms with van der Waals surface area (Å²) in [4.78, 5) is 13.8. The van der Waals surface area contributed by atoms with Crippen molar-refractivity contribution in [2.75, 3.05) is 33.5 Å². The molecule has 0 aliphatic rings. The zero-order valence-corrected chi connectivity index (χ0v) is 12.6. The van der Waals surface area contributed by atoms with Gasteiger partial charge in [-0.05, 0) is 19.9 Å². The highest BCUT2D eigenvalue weighted by molar-refractivity contribution is 6.00. The van der Waals surface area contributed by atoms with Crippen LogP contribution in [0.4, 0.5) is 5.69 Å². The second-order valence-electron chi connectivity index (χ2n) is 5.26. The van der Waals surface area contributed by atoms with Crippen LogP contribution in [0.2, 0.25) is 0 Å². The number of ether oxygens (including phenoxy) is 2. The van der Waals surface area contributed by atoms with E-state index < -0.39 is 5.60 Å². The number of carbonyl (C=O) groups is 1. The Morgan fingerprint density at radius 2 is 1.95 bits per heavy atom. The van der Waals surface area contributed by atoms with Gasteiger partial charge in [-0.2, -0.15) is 0 Å². The van der Waals surface area contributed by atoms with Gasteiger partial charge in [0.1, 0.15) is 11.5 Å². The van der Waals surface area contributed by atoms with E-state index in [2.05, 4.69) is 0 Å². The van der Waals surface area contributed by atoms with Crippen LogP contribution in [-0.2, 0) is 0 Å². The molecule has 0 atom stereocenters. The third-order valence-corrected chi connectivity index (χ3v) is 2.77. The van der Waals surface area contributed by atoms with Crippen LogP contribution >= 0.6 is 0 Å². The lowest BCUT2D eigenvalue weighted by Gasteiger charge is -2.26. The number of nitrogen functional groups attached to an aromatic ring is 1. The second-order valence-corrected chi connectivity index (χ2v) is 5.26. The van der Waals surface area contributed by atoms with Crippen molar-refractivity contribution in [2.45, 2.75) is 19.4 Å². The fourth-order valence-electron chi connectivity index (χ4n) is 1.92. The molecule has 1 rings (SSSR count). The topological polar surface area (TPSA) is 85.0 Å². The molecule has 1 aromatic rings. The van der Waals surface area contributed by atoms with Crippen molar-refractivity contribution in [3.05, 3.63) is 17.7 Å². The van der Waals surface area contributed by atoms with Crippen molar-refractivity contribution in [1.29, 1.82) is 0 Å². The third-order valence-electron chi connectivity index (χ3n) is 2.77. The summed E-state index contributed by atoms with van der Waals surface area (Å²) < 4.78 is 10.3. The summed E-state index contributed by atoms with van der Waals surface area (Å²) in [5.41, 5.74) is 5.48. The molecule has 1 amide bonds. The summed E-state index contributed by atoms with van der Waals surface area (Å²) in [6.07, 6.45) is 0. The first-order valence-corrected chi connectivity index (χ1v) is 6.19. The monoisotopic (exact) mass is 282 g/mol. The predicted octanol–water partition coefficient (Wildman–Crippen LogP) is 1.13. The van der Waals surface area contributed by atoms with Crippen molar-refractivity contribution in [1.82, 2.24) is 4.90 Å². The van der Waals surface area contributed by atoms with Crippen LogP contribution in [0.1, 0.15) is 24.2 Å². The number of benzene rings is 1. The minimum atomic E-state index is -0.984. The molecular formula is C14H22N2O4. The van der Waals surface area contributed by atoms with E-state index >= 15 is 0 Å². The minimum Gasteiger partial charge on any atom is -0.497 e. The van der Waals surface area contributed by atoms with Crippen LogP contribution in [0.3, 0.4) is 0 Å². The largest absolute Gasteiger partial charge is 0.497 e. The normalized spacial score (nSPS) is 11.1. The average molecular weight is 282 g/mol. The summed E-state index contributed by atoms with van der Waals surface area (Å²) in [5.74, 6) is 0.558. The van der Waals surface area contributed by atoms with Crippen molar-refractivity contribution < 1.29 is 19.4 Å². The van der Waals surface area contributed by atoms with Crippen LogP contribution in [0.15, 0.2) is 12.1 Å². The van der Waals surface area contributed by atoms with E-state index in [9.17, 15) is 9.90 Å². The highest BCUT2D eigenvalue weighted by Gasteiger charge is 2.23. The fourth-order valence-corrected chi connectivity index (χ4v) is 1.92. The summed E-state index contributed by atoms with van der Waals surface area (Å²) in [7, 11) is 4.57. The Morgan fingerprint density at radius 3 is 2.40 bits per heavy atom. The first-order valence-electron chi connectivity index (χ1n) is 6.19. The average Bonchev–Trinajstić information content (AvgIpc) is 2.36. The summed E-state index contributed by atoms with van der Waals surface area (Å²) >= 11 is 0. The van der Waals surface area contributed by atoms with E-state index in [-0.39, 0.29) is 23.7 Å². The quantitative estimate of drug-likeness (QED) is 0.791. The molecule has 0 aromatic heterocycles. The van der Waals surface area contributed by atoms with Gasteiger partial charge in [0.25, 0.3) is 5.91 Å². The molecule has 0 aliphatic carbocycles. The molecule has 0 aliphatic heterocycles. The van der Waals surface area contributed by atoms with Gasteiger partial charge in [-0.15, -0.1) is 0 Å². The molecule has 6 nitrogen and oxygen atoms in total. The molecule has 0 heterocycles. The molecule has 0 bridgehead atoms. The molecule has 0 radical (unpaired) electrons. The number of methoxy groups -OCH3 is 2. The number of rotatable bonds is 5. The van der Waals surface area contributed by atoms with E-state index in [4.69, 9.17) is 15.2 Å². The Kier molecular flexibility index (Phi) is 4.83. The highest BCUT2D eigenvalue weighted by Crippen LogP contribution is 2.31. The lowest BCUT2D eigenvalue weighted by atomic mass is 10.1. The molecule has 112 valence electrons. The van der Waals surface area contributed by atoms with Crippen LogP contribution in [0.25, 0.3) is 0 Å². The van der Waals surface area contributed by atoms with E-state index in [0.717, 1.165) is 0 Å². The standard InChI is InChI=1S/C14H22N2O4/c1-14(2,18)8-16(3)13(17)10-6-9(19-4)7-11(20-5)12(10)15/h6-7,18H,8,15H2,1-5H3. The van der Waals surface area contributed by atoms with Gasteiger partial charge in [0.15, 0.2) is 0 Å². The molecular weight excluding hydrogens is 260 g/mol. The Hall–Kier alpha value is -1.95. The molecule has 6 heteroatoms. The molecule has 0 unspecified atom stereocenters. The van der Waals surface area contributed by atoms with Crippen molar-refractivity contribution in [3.8, 4) is 11.5 Å². The first kappa shape index (κ1) is 16.1. The molecule has 1 aromatic carbocycles. The van der Waals surface area contributed by atoms with E-state index in [0.29, 0.717) is 11.5 Å². The van der Waals surface area contributed by atoms with Crippen molar-refractivity contribution >= 4 is 11.6 Å². The maximum absolute atomic E-state index is 12.4. The lowest BCUT2D eigenvalue weighted by molar-refractivity contribution is 0.0368. The minimum absolute atomic E-state index is 0.185. The Morgan fingerprint density at radius 1 is 1.35 bits per heavy atom. The Balaban J connectivity index is 3.15. The maximum Gasteiger partial charge on any atom is 0.256 e. The van der Waals surface area contributed by atoms with Crippen LogP contribution in [-0.4, -0.2) is 49.3 Å². The molecule has 0 fully saturated rings. The maximum atomic E-state index is 12.4. The SMILES string of the molecule is COc1cc(OC)c(N)c(C(=O)N(C)CC(C)(C)O)c1. The summed E-state index contributed by atoms with van der Waals surface area (Å²) in [6, 6.07) is 3.17. The predicted molar refractivity (Wildman–Crippen MR) is 77.2 cm³/mol. The number of likely N-dealkylation sites (N-methyl/N-ethyl adjacent to an activating group) is 1. The van der Waals surface area contributed by atoms with Gasteiger partial charge in [-0.25, -0.2) is 0 Å². The Labute approximate surface area is 119 Å². The number of carbonyl (C=O) groups excluding carboxylic acids is 1. The van der Waals surface area contributed by atoms with Gasteiger partial charge >= 0.3 is 0 Å². The van der Waals surface area contributed by atoms with E-state index in [1.807, 2.05) is 0 Å². The fraction of sp³-hybridized carbons (Fsp3) is 0.500. The molecule has 3 N–H and O–H groups in total. The zero-order chi connectivity index (χ0) is 15.5. The number of nitrogens with zero attached hydrogens (tertiary/aromatic N) is 1. The van der Waals surface area contributed by atoms with Crippen molar-refractivity contribution in [2.24, 2.45) is 0 Å². The first-order chi connectivity index (χ1) is 9.19. The lowest BCUT2D eigenvalue weighted by Crippen LogP contribution is -2.39. The number of hydrogen-bond acceptors (Lipinski definition) is 5. The van der Waals surface area contributed by atoms with Crippen molar-refractivity contribution in [3.63, 3.8) is 0 Å². The smallest absolute Gasteiger partial charge is 0.256 e. The van der Waals surface area contributed by atoms with E-state index in [1.165, 1.54) is 19.1 Å². The van der Waals surface area contributed by atoms with Crippen LogP contribution < -0.4 is 15.2 Å². The van der Waals surface area contributed by atoms with Crippen LogP contribution in [0, 0.1) is 0 Å². The summed E-state index contributed by atoms with van der Waals surface area (Å²) in [6.45, 7) is 3.45. The highest BCUT2D eigenvalue weighted by atomic mass is 16.5.